The van der Waals surface area contributed by atoms with Crippen LogP contribution in [0.2, 0.25) is 5.02 Å². The summed E-state index contributed by atoms with van der Waals surface area (Å²) in [5.74, 6) is 0.123. The monoisotopic (exact) mass is 298 g/mol. The number of hydrogen-bond donors (Lipinski definition) is 2. The van der Waals surface area contributed by atoms with Gasteiger partial charge < -0.3 is 10.1 Å². The lowest BCUT2D eigenvalue weighted by atomic mass is 10.1. The van der Waals surface area contributed by atoms with Crippen LogP contribution in [0.4, 0.5) is 5.69 Å². The molecule has 0 aliphatic carbocycles. The largest absolute Gasteiger partial charge is 0.494 e. The number of aromatic nitrogens is 1. The van der Waals surface area contributed by atoms with E-state index in [1.165, 1.54) is 0 Å². The Balaban J connectivity index is 2.04. The van der Waals surface area contributed by atoms with Crippen LogP contribution in [0.1, 0.15) is 16.7 Å². The molecule has 0 saturated carbocycles. The van der Waals surface area contributed by atoms with E-state index in [-0.39, 0.29) is 5.88 Å². The van der Waals surface area contributed by atoms with Crippen molar-refractivity contribution in [1.82, 2.24) is 4.98 Å². The predicted octanol–water partition coefficient (Wildman–Crippen LogP) is 4.89. The molecule has 0 saturated heterocycles. The maximum atomic E-state index is 10.0. The van der Waals surface area contributed by atoms with E-state index >= 15 is 0 Å². The van der Waals surface area contributed by atoms with Crippen LogP contribution in [-0.4, -0.2) is 16.3 Å². The number of aryl methyl sites for hydroxylation is 2. The molecule has 0 fully saturated rings. The zero-order chi connectivity index (χ0) is 15.0. The number of aromatic hydroxyl groups is 1. The van der Waals surface area contributed by atoms with E-state index < -0.39 is 0 Å². The highest BCUT2D eigenvalue weighted by Crippen LogP contribution is 2.28. The minimum Gasteiger partial charge on any atom is -0.494 e. The van der Waals surface area contributed by atoms with E-state index in [1.54, 1.807) is 6.21 Å². The molecule has 1 aromatic heterocycles. The zero-order valence-electron chi connectivity index (χ0n) is 11.8. The lowest BCUT2D eigenvalue weighted by Crippen LogP contribution is -1.80. The number of rotatable bonds is 2. The summed E-state index contributed by atoms with van der Waals surface area (Å²) in [6.07, 6.45) is 1.66. The lowest BCUT2D eigenvalue weighted by Gasteiger charge is -1.99. The smallest absolute Gasteiger partial charge is 0.198 e. The summed E-state index contributed by atoms with van der Waals surface area (Å²) in [6, 6.07) is 11.6. The number of halogens is 1. The first-order chi connectivity index (χ1) is 10.0. The highest BCUT2D eigenvalue weighted by Gasteiger charge is 2.08. The fourth-order valence-corrected chi connectivity index (χ4v) is 2.42. The third-order valence-electron chi connectivity index (χ3n) is 3.47. The molecule has 4 heteroatoms. The first-order valence-corrected chi connectivity index (χ1v) is 7.04. The van der Waals surface area contributed by atoms with Crippen molar-refractivity contribution in [2.75, 3.05) is 0 Å². The number of benzene rings is 2. The van der Waals surface area contributed by atoms with Crippen molar-refractivity contribution in [2.24, 2.45) is 4.99 Å². The molecule has 3 rings (SSSR count). The van der Waals surface area contributed by atoms with Crippen LogP contribution in [0.5, 0.6) is 5.88 Å². The summed E-state index contributed by atoms with van der Waals surface area (Å²) in [6.45, 7) is 3.97. The summed E-state index contributed by atoms with van der Waals surface area (Å²) >= 11 is 6.09. The number of aliphatic imine (C=N–C) groups is 1. The summed E-state index contributed by atoms with van der Waals surface area (Å²) in [7, 11) is 0. The second-order valence-electron chi connectivity index (χ2n) is 5.13. The molecule has 2 N–H and O–H groups in total. The standard InChI is InChI=1S/C17H15ClN2O/c1-10-3-6-16-13(7-10)14(17(21)20-16)9-19-12-5-4-11(2)15(18)8-12/h3-9,20-21H,1-2H3. The van der Waals surface area contributed by atoms with Crippen molar-refractivity contribution in [3.05, 3.63) is 58.1 Å². The summed E-state index contributed by atoms with van der Waals surface area (Å²) in [5.41, 5.74) is 4.48. The van der Waals surface area contributed by atoms with Crippen LogP contribution < -0.4 is 0 Å². The molecule has 1 heterocycles. The molecular formula is C17H15ClN2O. The van der Waals surface area contributed by atoms with E-state index in [1.807, 2.05) is 50.2 Å². The first kappa shape index (κ1) is 13.7. The lowest BCUT2D eigenvalue weighted by molar-refractivity contribution is 0.457. The SMILES string of the molecule is Cc1ccc2[nH]c(O)c(C=Nc3ccc(C)c(Cl)c3)c2c1. The molecule has 3 aromatic rings. The number of nitrogens with one attached hydrogen (secondary N) is 1. The molecule has 0 aliphatic heterocycles. The van der Waals surface area contributed by atoms with Gasteiger partial charge in [-0.05, 0) is 43.7 Å². The van der Waals surface area contributed by atoms with Crippen LogP contribution in [0.25, 0.3) is 10.9 Å². The fourth-order valence-electron chi connectivity index (χ4n) is 2.24. The van der Waals surface area contributed by atoms with E-state index in [9.17, 15) is 5.11 Å². The van der Waals surface area contributed by atoms with Gasteiger partial charge in [0, 0.05) is 22.1 Å². The highest BCUT2D eigenvalue weighted by molar-refractivity contribution is 6.31. The van der Waals surface area contributed by atoms with Gasteiger partial charge in [0.2, 0.25) is 0 Å². The Kier molecular flexibility index (Phi) is 3.43. The maximum Gasteiger partial charge on any atom is 0.198 e. The Hall–Kier alpha value is -2.26. The van der Waals surface area contributed by atoms with Crippen LogP contribution >= 0.6 is 11.6 Å². The maximum absolute atomic E-state index is 10.0. The third kappa shape index (κ3) is 2.65. The Bertz CT molecular complexity index is 849. The molecule has 21 heavy (non-hydrogen) atoms. The Labute approximate surface area is 127 Å². The second-order valence-corrected chi connectivity index (χ2v) is 5.54. The second kappa shape index (κ2) is 5.26. The van der Waals surface area contributed by atoms with Gasteiger partial charge >= 0.3 is 0 Å². The summed E-state index contributed by atoms with van der Waals surface area (Å²) in [4.78, 5) is 7.35. The molecular weight excluding hydrogens is 284 g/mol. The van der Waals surface area contributed by atoms with E-state index in [2.05, 4.69) is 9.98 Å². The average Bonchev–Trinajstić information content (AvgIpc) is 2.75. The molecule has 0 aliphatic rings. The van der Waals surface area contributed by atoms with Crippen molar-refractivity contribution in [2.45, 2.75) is 13.8 Å². The molecule has 0 radical (unpaired) electrons. The Morgan fingerprint density at radius 1 is 1.14 bits per heavy atom. The number of H-pyrrole nitrogens is 1. The van der Waals surface area contributed by atoms with Gasteiger partial charge in [0.25, 0.3) is 0 Å². The highest BCUT2D eigenvalue weighted by atomic mass is 35.5. The molecule has 0 unspecified atom stereocenters. The van der Waals surface area contributed by atoms with Crippen molar-refractivity contribution < 1.29 is 5.11 Å². The quantitative estimate of drug-likeness (QED) is 0.650. The van der Waals surface area contributed by atoms with Gasteiger partial charge in [-0.15, -0.1) is 0 Å². The molecule has 2 aromatic carbocycles. The molecule has 0 bridgehead atoms. The van der Waals surface area contributed by atoms with Crippen molar-refractivity contribution >= 4 is 34.4 Å². The minimum atomic E-state index is 0.123. The van der Waals surface area contributed by atoms with E-state index in [4.69, 9.17) is 11.6 Å². The number of nitrogens with zero attached hydrogens (tertiary/aromatic N) is 1. The van der Waals surface area contributed by atoms with Gasteiger partial charge in [0.15, 0.2) is 5.88 Å². The Morgan fingerprint density at radius 2 is 1.95 bits per heavy atom. The van der Waals surface area contributed by atoms with Crippen molar-refractivity contribution in [3.63, 3.8) is 0 Å². The molecule has 106 valence electrons. The average molecular weight is 299 g/mol. The number of fused-ring (bicyclic) bond motifs is 1. The van der Waals surface area contributed by atoms with E-state index in [0.29, 0.717) is 10.6 Å². The summed E-state index contributed by atoms with van der Waals surface area (Å²) in [5, 5.41) is 11.7. The van der Waals surface area contributed by atoms with Crippen LogP contribution in [0, 0.1) is 13.8 Å². The molecule has 3 nitrogen and oxygen atoms in total. The minimum absolute atomic E-state index is 0.123. The topological polar surface area (TPSA) is 48.4 Å². The van der Waals surface area contributed by atoms with Gasteiger partial charge in [0.1, 0.15) is 0 Å². The van der Waals surface area contributed by atoms with Gasteiger partial charge in [-0.3, -0.25) is 4.99 Å². The van der Waals surface area contributed by atoms with E-state index in [0.717, 1.165) is 27.7 Å². The number of aromatic amines is 1. The van der Waals surface area contributed by atoms with Gasteiger partial charge in [0.05, 0.1) is 11.3 Å². The third-order valence-corrected chi connectivity index (χ3v) is 3.88. The van der Waals surface area contributed by atoms with Crippen LogP contribution in [0.3, 0.4) is 0 Å². The van der Waals surface area contributed by atoms with Crippen molar-refractivity contribution in [1.29, 1.82) is 0 Å². The fraction of sp³-hybridized carbons (Fsp3) is 0.118. The molecule has 0 amide bonds. The van der Waals surface area contributed by atoms with Gasteiger partial charge in [-0.25, -0.2) is 0 Å². The Morgan fingerprint density at radius 3 is 2.71 bits per heavy atom. The van der Waals surface area contributed by atoms with Crippen LogP contribution in [-0.2, 0) is 0 Å². The van der Waals surface area contributed by atoms with Gasteiger partial charge in [-0.2, -0.15) is 0 Å². The number of hydrogen-bond acceptors (Lipinski definition) is 2. The van der Waals surface area contributed by atoms with Crippen molar-refractivity contribution in [3.8, 4) is 5.88 Å². The normalized spacial score (nSPS) is 11.6. The summed E-state index contributed by atoms with van der Waals surface area (Å²) < 4.78 is 0. The molecule has 0 spiro atoms. The predicted molar refractivity (Wildman–Crippen MR) is 88.1 cm³/mol. The van der Waals surface area contributed by atoms with Crippen LogP contribution in [0.15, 0.2) is 41.4 Å². The van der Waals surface area contributed by atoms with Gasteiger partial charge in [-0.1, -0.05) is 29.3 Å². The first-order valence-electron chi connectivity index (χ1n) is 6.66. The molecule has 0 atom stereocenters. The zero-order valence-corrected chi connectivity index (χ0v) is 12.6.